The SMILES string of the molecule is CCc1ccccc1-c1ccccc1C.N#CO. The molecule has 0 aliphatic heterocycles. The van der Waals surface area contributed by atoms with Crippen LogP contribution in [0, 0.1) is 18.4 Å². The number of benzene rings is 2. The Morgan fingerprint density at radius 3 is 2.06 bits per heavy atom. The molecule has 0 bridgehead atoms. The number of rotatable bonds is 2. The molecule has 2 aromatic rings. The first kappa shape index (κ1) is 13.8. The predicted molar refractivity (Wildman–Crippen MR) is 73.5 cm³/mol. The predicted octanol–water partition coefficient (Wildman–Crippen LogP) is 4.06. The Kier molecular flexibility index (Phi) is 5.47. The summed E-state index contributed by atoms with van der Waals surface area (Å²) < 4.78 is 0. The van der Waals surface area contributed by atoms with Gasteiger partial charge in [-0.2, -0.15) is 5.26 Å². The van der Waals surface area contributed by atoms with Gasteiger partial charge in [0.15, 0.2) is 0 Å². The largest absolute Gasteiger partial charge is 0.443 e. The standard InChI is InChI=1S/C15H16.CHNO/c1-3-13-9-5-7-11-15(13)14-10-6-4-8-12(14)2;2-1-3/h4-11H,3H2,1-2H3;3H. The minimum atomic E-state index is 0.750. The van der Waals surface area contributed by atoms with Crippen molar-refractivity contribution in [3.63, 3.8) is 0 Å². The van der Waals surface area contributed by atoms with E-state index in [9.17, 15) is 0 Å². The smallest absolute Gasteiger partial charge is 0.283 e. The molecule has 0 spiro atoms. The van der Waals surface area contributed by atoms with Crippen LogP contribution in [0.25, 0.3) is 11.1 Å². The molecule has 92 valence electrons. The highest BCUT2D eigenvalue weighted by Crippen LogP contribution is 2.26. The Morgan fingerprint density at radius 2 is 1.50 bits per heavy atom. The summed E-state index contributed by atoms with van der Waals surface area (Å²) in [5.41, 5.74) is 5.50. The summed E-state index contributed by atoms with van der Waals surface area (Å²) in [6, 6.07) is 17.2. The summed E-state index contributed by atoms with van der Waals surface area (Å²) in [4.78, 5) is 0. The molecule has 2 aromatic carbocycles. The zero-order valence-electron chi connectivity index (χ0n) is 10.7. The number of hydrogen-bond donors (Lipinski definition) is 1. The summed E-state index contributed by atoms with van der Waals surface area (Å²) >= 11 is 0. The first-order chi connectivity index (χ1) is 8.74. The monoisotopic (exact) mass is 239 g/mol. The van der Waals surface area contributed by atoms with Crippen LogP contribution in [0.3, 0.4) is 0 Å². The third-order valence-corrected chi connectivity index (χ3v) is 2.83. The maximum Gasteiger partial charge on any atom is 0.283 e. The van der Waals surface area contributed by atoms with Crippen molar-refractivity contribution in [2.24, 2.45) is 0 Å². The average molecular weight is 239 g/mol. The van der Waals surface area contributed by atoms with E-state index in [1.54, 1.807) is 0 Å². The van der Waals surface area contributed by atoms with E-state index >= 15 is 0 Å². The minimum absolute atomic E-state index is 0.750. The molecule has 18 heavy (non-hydrogen) atoms. The normalized spacial score (nSPS) is 8.94. The highest BCUT2D eigenvalue weighted by Gasteiger charge is 2.04. The fourth-order valence-corrected chi connectivity index (χ4v) is 1.97. The van der Waals surface area contributed by atoms with Gasteiger partial charge in [-0.05, 0) is 35.6 Å². The number of nitriles is 1. The van der Waals surface area contributed by atoms with Gasteiger partial charge < -0.3 is 5.11 Å². The molecule has 0 fully saturated rings. The second kappa shape index (κ2) is 7.13. The first-order valence-corrected chi connectivity index (χ1v) is 5.91. The lowest BCUT2D eigenvalue weighted by atomic mass is 9.95. The molecule has 0 saturated carbocycles. The van der Waals surface area contributed by atoms with Crippen LogP contribution in [0.5, 0.6) is 0 Å². The third-order valence-electron chi connectivity index (χ3n) is 2.83. The molecule has 0 atom stereocenters. The molecule has 2 nitrogen and oxygen atoms in total. The van der Waals surface area contributed by atoms with Crippen LogP contribution < -0.4 is 0 Å². The van der Waals surface area contributed by atoms with Crippen LogP contribution in [-0.4, -0.2) is 5.11 Å². The number of hydrogen-bond acceptors (Lipinski definition) is 2. The van der Waals surface area contributed by atoms with Crippen LogP contribution >= 0.6 is 0 Å². The van der Waals surface area contributed by atoms with Crippen molar-refractivity contribution < 1.29 is 5.11 Å². The van der Waals surface area contributed by atoms with Crippen molar-refractivity contribution in [3.05, 3.63) is 59.7 Å². The molecular weight excluding hydrogens is 222 g/mol. The molecule has 0 unspecified atom stereocenters. The van der Waals surface area contributed by atoms with E-state index in [0.29, 0.717) is 0 Å². The Hall–Kier alpha value is -2.27. The van der Waals surface area contributed by atoms with Crippen molar-refractivity contribution in [1.29, 1.82) is 5.26 Å². The lowest BCUT2D eigenvalue weighted by Gasteiger charge is -2.10. The fourth-order valence-electron chi connectivity index (χ4n) is 1.97. The summed E-state index contributed by atoms with van der Waals surface area (Å²) in [6.07, 6.45) is 1.84. The molecular formula is C16H17NO. The number of aryl methyl sites for hydroxylation is 2. The van der Waals surface area contributed by atoms with Crippen LogP contribution in [0.1, 0.15) is 18.1 Å². The second-order valence-electron chi connectivity index (χ2n) is 3.93. The lowest BCUT2D eigenvalue weighted by Crippen LogP contribution is -1.89. The molecule has 0 amide bonds. The molecule has 2 heteroatoms. The summed E-state index contributed by atoms with van der Waals surface area (Å²) in [5.74, 6) is 0. The van der Waals surface area contributed by atoms with Crippen LogP contribution in [0.2, 0.25) is 0 Å². The van der Waals surface area contributed by atoms with E-state index in [2.05, 4.69) is 62.4 Å². The molecule has 0 heterocycles. The molecule has 1 N–H and O–H groups in total. The van der Waals surface area contributed by atoms with Crippen molar-refractivity contribution in [2.45, 2.75) is 20.3 Å². The van der Waals surface area contributed by atoms with Gasteiger partial charge in [-0.1, -0.05) is 55.5 Å². The van der Waals surface area contributed by atoms with Gasteiger partial charge in [-0.25, -0.2) is 0 Å². The van der Waals surface area contributed by atoms with Gasteiger partial charge in [-0.3, -0.25) is 0 Å². The maximum atomic E-state index is 6.88. The van der Waals surface area contributed by atoms with Crippen molar-refractivity contribution in [1.82, 2.24) is 0 Å². The van der Waals surface area contributed by atoms with Crippen molar-refractivity contribution >= 4 is 0 Å². The van der Waals surface area contributed by atoms with E-state index < -0.39 is 0 Å². The van der Waals surface area contributed by atoms with Crippen LogP contribution in [0.15, 0.2) is 48.5 Å². The van der Waals surface area contributed by atoms with Gasteiger partial charge in [0.2, 0.25) is 0 Å². The summed E-state index contributed by atoms with van der Waals surface area (Å²) in [6.45, 7) is 4.37. The fraction of sp³-hybridized carbons (Fsp3) is 0.188. The van der Waals surface area contributed by atoms with E-state index in [0.717, 1.165) is 12.7 Å². The molecule has 0 saturated heterocycles. The highest BCUT2D eigenvalue weighted by atomic mass is 16.2. The van der Waals surface area contributed by atoms with Crippen molar-refractivity contribution in [3.8, 4) is 17.4 Å². The van der Waals surface area contributed by atoms with Crippen molar-refractivity contribution in [2.75, 3.05) is 0 Å². The van der Waals surface area contributed by atoms with Crippen LogP contribution in [0.4, 0.5) is 0 Å². The van der Waals surface area contributed by atoms with Gasteiger partial charge in [0.05, 0.1) is 0 Å². The van der Waals surface area contributed by atoms with Gasteiger partial charge in [0, 0.05) is 0 Å². The van der Waals surface area contributed by atoms with Gasteiger partial charge in [-0.15, -0.1) is 0 Å². The highest BCUT2D eigenvalue weighted by molar-refractivity contribution is 5.70. The lowest BCUT2D eigenvalue weighted by molar-refractivity contribution is 0.503. The maximum absolute atomic E-state index is 6.88. The number of aliphatic hydroxyl groups is 1. The quantitative estimate of drug-likeness (QED) is 0.803. The molecule has 0 radical (unpaired) electrons. The van der Waals surface area contributed by atoms with E-state index in [-0.39, 0.29) is 0 Å². The zero-order chi connectivity index (χ0) is 13.4. The zero-order valence-corrected chi connectivity index (χ0v) is 10.7. The molecule has 0 aromatic heterocycles. The molecule has 0 aliphatic rings. The third kappa shape index (κ3) is 3.36. The summed E-state index contributed by atoms with van der Waals surface area (Å²) in [7, 11) is 0. The first-order valence-electron chi connectivity index (χ1n) is 5.91. The Bertz CT molecular complexity index is 541. The Morgan fingerprint density at radius 1 is 1.00 bits per heavy atom. The van der Waals surface area contributed by atoms with E-state index in [4.69, 9.17) is 10.4 Å². The van der Waals surface area contributed by atoms with Gasteiger partial charge in [0.1, 0.15) is 0 Å². The van der Waals surface area contributed by atoms with E-state index in [1.165, 1.54) is 22.3 Å². The van der Waals surface area contributed by atoms with E-state index in [1.807, 2.05) is 0 Å². The number of nitrogens with zero attached hydrogens (tertiary/aromatic N) is 1. The molecule has 0 aliphatic carbocycles. The summed E-state index contributed by atoms with van der Waals surface area (Å²) in [5, 5.41) is 13.8. The average Bonchev–Trinajstić information content (AvgIpc) is 2.40. The van der Waals surface area contributed by atoms with Crippen LogP contribution in [-0.2, 0) is 6.42 Å². The Balaban J connectivity index is 0.000000492. The Labute approximate surface area is 108 Å². The number of aliphatic hydroxyl groups excluding tert-OH is 1. The topological polar surface area (TPSA) is 44.0 Å². The minimum Gasteiger partial charge on any atom is -0.443 e. The second-order valence-corrected chi connectivity index (χ2v) is 3.93. The molecule has 2 rings (SSSR count). The van der Waals surface area contributed by atoms with Gasteiger partial charge in [0.25, 0.3) is 6.26 Å². The van der Waals surface area contributed by atoms with Gasteiger partial charge >= 0.3 is 0 Å².